The number of piperidine rings is 1. The molecule has 2 atom stereocenters. The molecule has 0 saturated carbocycles. The van der Waals surface area contributed by atoms with E-state index in [9.17, 15) is 9.18 Å². The maximum Gasteiger partial charge on any atom is 0.293 e. The molecule has 7 heteroatoms. The predicted octanol–water partition coefficient (Wildman–Crippen LogP) is 2.56. The van der Waals surface area contributed by atoms with Crippen LogP contribution in [0.1, 0.15) is 49.6 Å². The van der Waals surface area contributed by atoms with Crippen molar-refractivity contribution in [1.29, 1.82) is 0 Å². The third-order valence-corrected chi connectivity index (χ3v) is 4.91. The number of nitrogens with zero attached hydrogens (tertiary/aromatic N) is 4. The first-order valence-corrected chi connectivity index (χ1v) is 9.27. The second-order valence-corrected chi connectivity index (χ2v) is 6.98. The maximum atomic E-state index is 14.2. The Balaban J connectivity index is 1.90. The smallest absolute Gasteiger partial charge is 0.293 e. The number of carbonyl (C=O) groups excluding carboxylic acids is 1. The Morgan fingerprint density at radius 2 is 2.19 bits per heavy atom. The van der Waals surface area contributed by atoms with Crippen LogP contribution in [0.4, 0.5) is 4.39 Å². The molecule has 1 amide bonds. The van der Waals surface area contributed by atoms with Crippen molar-refractivity contribution >= 4 is 5.91 Å². The molecule has 0 spiro atoms. The minimum absolute atomic E-state index is 0.0465. The van der Waals surface area contributed by atoms with Gasteiger partial charge in [0.25, 0.3) is 5.91 Å². The summed E-state index contributed by atoms with van der Waals surface area (Å²) < 4.78 is 15.7. The average molecular weight is 359 g/mol. The van der Waals surface area contributed by atoms with E-state index in [1.807, 2.05) is 13.8 Å². The lowest BCUT2D eigenvalue weighted by atomic mass is 9.92. The largest absolute Gasteiger partial charge is 0.336 e. The molecule has 1 saturated heterocycles. The minimum atomic E-state index is -0.385. The number of hydrogen-bond donors (Lipinski definition) is 1. The predicted molar refractivity (Wildman–Crippen MR) is 97.6 cm³/mol. The van der Waals surface area contributed by atoms with Crippen LogP contribution in [0.5, 0.6) is 0 Å². The molecule has 2 N–H and O–H groups in total. The molecule has 0 unspecified atom stereocenters. The number of para-hydroxylation sites is 1. The van der Waals surface area contributed by atoms with Crippen LogP contribution in [0.25, 0.3) is 5.69 Å². The molecular weight excluding hydrogens is 333 g/mol. The first kappa shape index (κ1) is 18.5. The van der Waals surface area contributed by atoms with Gasteiger partial charge in [0, 0.05) is 25.6 Å². The Hall–Kier alpha value is -2.28. The van der Waals surface area contributed by atoms with Crippen LogP contribution >= 0.6 is 0 Å². The van der Waals surface area contributed by atoms with Crippen molar-refractivity contribution in [3.05, 3.63) is 41.7 Å². The van der Waals surface area contributed by atoms with Gasteiger partial charge in [-0.15, -0.1) is 5.10 Å². The van der Waals surface area contributed by atoms with Crippen LogP contribution in [0, 0.1) is 11.7 Å². The number of amides is 1. The van der Waals surface area contributed by atoms with E-state index in [0.29, 0.717) is 31.0 Å². The Kier molecular flexibility index (Phi) is 5.66. The first-order valence-electron chi connectivity index (χ1n) is 9.27. The molecule has 0 radical (unpaired) electrons. The lowest BCUT2D eigenvalue weighted by Crippen LogP contribution is -2.45. The lowest BCUT2D eigenvalue weighted by molar-refractivity contribution is 0.0648. The van der Waals surface area contributed by atoms with Gasteiger partial charge in [0.2, 0.25) is 5.82 Å². The Labute approximate surface area is 153 Å². The van der Waals surface area contributed by atoms with Gasteiger partial charge in [-0.05, 0) is 44.2 Å². The summed E-state index contributed by atoms with van der Waals surface area (Å²) in [5, 5.41) is 4.35. The topological polar surface area (TPSA) is 77.0 Å². The average Bonchev–Trinajstić information content (AvgIpc) is 3.05. The highest BCUT2D eigenvalue weighted by atomic mass is 19.1. The van der Waals surface area contributed by atoms with E-state index in [2.05, 4.69) is 10.1 Å². The van der Waals surface area contributed by atoms with Gasteiger partial charge in [0.15, 0.2) is 0 Å². The third kappa shape index (κ3) is 3.77. The number of hydrogen-bond acceptors (Lipinski definition) is 4. The zero-order valence-electron chi connectivity index (χ0n) is 15.4. The summed E-state index contributed by atoms with van der Waals surface area (Å²) in [5.41, 5.74) is 6.33. The fraction of sp³-hybridized carbons (Fsp3) is 0.526. The normalized spacial score (nSPS) is 18.8. The fourth-order valence-electron chi connectivity index (χ4n) is 3.40. The number of halogens is 1. The summed E-state index contributed by atoms with van der Waals surface area (Å²) in [6.45, 7) is 5.29. The number of likely N-dealkylation sites (tertiary alicyclic amines) is 1. The van der Waals surface area contributed by atoms with Crippen molar-refractivity contribution in [2.75, 3.05) is 13.1 Å². The van der Waals surface area contributed by atoms with Gasteiger partial charge in [-0.25, -0.2) is 14.1 Å². The van der Waals surface area contributed by atoms with E-state index in [1.54, 1.807) is 23.1 Å². The Morgan fingerprint density at radius 1 is 1.42 bits per heavy atom. The Morgan fingerprint density at radius 3 is 2.88 bits per heavy atom. The van der Waals surface area contributed by atoms with Crippen LogP contribution in [-0.2, 0) is 6.42 Å². The molecule has 26 heavy (non-hydrogen) atoms. The highest BCUT2D eigenvalue weighted by Crippen LogP contribution is 2.21. The van der Waals surface area contributed by atoms with Crippen LogP contribution in [-0.4, -0.2) is 44.7 Å². The van der Waals surface area contributed by atoms with E-state index < -0.39 is 0 Å². The molecule has 1 aromatic heterocycles. The van der Waals surface area contributed by atoms with Gasteiger partial charge in [0.05, 0.1) is 0 Å². The van der Waals surface area contributed by atoms with Crippen LogP contribution in [0.2, 0.25) is 0 Å². The zero-order chi connectivity index (χ0) is 18.7. The lowest BCUT2D eigenvalue weighted by Gasteiger charge is -2.33. The van der Waals surface area contributed by atoms with E-state index in [-0.39, 0.29) is 29.5 Å². The monoisotopic (exact) mass is 359 g/mol. The van der Waals surface area contributed by atoms with Crippen molar-refractivity contribution in [3.63, 3.8) is 0 Å². The third-order valence-electron chi connectivity index (χ3n) is 4.91. The van der Waals surface area contributed by atoms with Crippen molar-refractivity contribution < 1.29 is 9.18 Å². The van der Waals surface area contributed by atoms with E-state index in [4.69, 9.17) is 5.73 Å². The number of carbonyl (C=O) groups is 1. The van der Waals surface area contributed by atoms with Crippen molar-refractivity contribution in [2.24, 2.45) is 11.7 Å². The molecule has 2 aromatic rings. The first-order chi connectivity index (χ1) is 12.5. The highest BCUT2D eigenvalue weighted by molar-refractivity contribution is 5.90. The molecule has 1 aromatic carbocycles. The van der Waals surface area contributed by atoms with Gasteiger partial charge in [-0.1, -0.05) is 19.1 Å². The van der Waals surface area contributed by atoms with Gasteiger partial charge in [-0.3, -0.25) is 4.79 Å². The summed E-state index contributed by atoms with van der Waals surface area (Å²) in [7, 11) is 0. The summed E-state index contributed by atoms with van der Waals surface area (Å²) in [5.74, 6) is 0.423. The molecule has 1 fully saturated rings. The van der Waals surface area contributed by atoms with Crippen molar-refractivity contribution in [2.45, 2.75) is 45.6 Å². The number of nitrogens with two attached hydrogens (primary N) is 1. The molecule has 6 nitrogen and oxygen atoms in total. The molecule has 2 heterocycles. The molecule has 3 rings (SSSR count). The Bertz CT molecular complexity index is 773. The van der Waals surface area contributed by atoms with Crippen LogP contribution < -0.4 is 5.73 Å². The van der Waals surface area contributed by atoms with Gasteiger partial charge >= 0.3 is 0 Å². The van der Waals surface area contributed by atoms with Crippen molar-refractivity contribution in [1.82, 2.24) is 19.7 Å². The zero-order valence-corrected chi connectivity index (χ0v) is 15.4. The number of aryl methyl sites for hydroxylation is 1. The van der Waals surface area contributed by atoms with Gasteiger partial charge in [-0.2, -0.15) is 0 Å². The van der Waals surface area contributed by atoms with Gasteiger partial charge in [0.1, 0.15) is 17.3 Å². The van der Waals surface area contributed by atoms with E-state index >= 15 is 0 Å². The molecule has 140 valence electrons. The number of benzene rings is 1. The summed E-state index contributed by atoms with van der Waals surface area (Å²) in [6.07, 6.45) is 3.40. The summed E-state index contributed by atoms with van der Waals surface area (Å²) >= 11 is 0. The second-order valence-electron chi connectivity index (χ2n) is 6.98. The summed E-state index contributed by atoms with van der Waals surface area (Å²) in [4.78, 5) is 19.1. The standard InChI is InChI=1S/C19H26FN5O/c1-3-7-17-22-18(23-25(17)16-10-5-4-9-15(16)20)19(26)24-11-6-8-14(12-24)13(2)21/h4-5,9-10,13-14H,3,6-8,11-12,21H2,1-2H3/t13-,14+/m0/s1. The second kappa shape index (κ2) is 7.95. The quantitative estimate of drug-likeness (QED) is 0.890. The number of aromatic nitrogens is 3. The van der Waals surface area contributed by atoms with Crippen LogP contribution in [0.3, 0.4) is 0 Å². The number of rotatable bonds is 5. The molecule has 0 aliphatic carbocycles. The highest BCUT2D eigenvalue weighted by Gasteiger charge is 2.29. The van der Waals surface area contributed by atoms with Crippen molar-refractivity contribution in [3.8, 4) is 5.69 Å². The minimum Gasteiger partial charge on any atom is -0.336 e. The molecular formula is C19H26FN5O. The maximum absolute atomic E-state index is 14.2. The van der Waals surface area contributed by atoms with E-state index in [0.717, 1.165) is 19.3 Å². The molecule has 0 bridgehead atoms. The molecule has 1 aliphatic heterocycles. The summed E-state index contributed by atoms with van der Waals surface area (Å²) in [6, 6.07) is 6.44. The van der Waals surface area contributed by atoms with E-state index in [1.165, 1.54) is 10.7 Å². The fourth-order valence-corrected chi connectivity index (χ4v) is 3.40. The van der Waals surface area contributed by atoms with Crippen LogP contribution in [0.15, 0.2) is 24.3 Å². The van der Waals surface area contributed by atoms with Gasteiger partial charge < -0.3 is 10.6 Å². The molecule has 1 aliphatic rings. The SMILES string of the molecule is CCCc1nc(C(=O)N2CCC[C@@H]([C@H](C)N)C2)nn1-c1ccccc1F.